The van der Waals surface area contributed by atoms with Gasteiger partial charge in [-0.2, -0.15) is 13.9 Å². The summed E-state index contributed by atoms with van der Waals surface area (Å²) in [5, 5.41) is 8.16. The second kappa shape index (κ2) is 5.69. The fraction of sp³-hybridized carbons (Fsp3) is 0.625. The van der Waals surface area contributed by atoms with Gasteiger partial charge in [0.05, 0.1) is 11.9 Å². The fourth-order valence-electron chi connectivity index (χ4n) is 0.824. The Labute approximate surface area is 99.2 Å². The molecule has 0 aliphatic rings. The molecule has 0 atom stereocenters. The van der Waals surface area contributed by atoms with Gasteiger partial charge in [-0.25, -0.2) is 4.98 Å². The first kappa shape index (κ1) is 12.8. The van der Waals surface area contributed by atoms with Crippen LogP contribution in [0, 0.1) is 6.92 Å². The summed E-state index contributed by atoms with van der Waals surface area (Å²) in [6.07, 6.45) is 1.83. The Morgan fingerprint density at radius 3 is 2.73 bits per heavy atom. The van der Waals surface area contributed by atoms with Gasteiger partial charge in [0.2, 0.25) is 5.16 Å². The Hall–Kier alpha value is -0.300. The first-order chi connectivity index (χ1) is 6.97. The highest BCUT2D eigenvalue weighted by atomic mass is 79.9. The third-order valence-corrected chi connectivity index (χ3v) is 2.83. The summed E-state index contributed by atoms with van der Waals surface area (Å²) in [5.41, 5.74) is 0.742. The topological polar surface area (TPSA) is 38.7 Å². The highest BCUT2D eigenvalue weighted by Gasteiger charge is 2.22. The highest BCUT2D eigenvalue weighted by Crippen LogP contribution is 2.28. The van der Waals surface area contributed by atoms with Crippen molar-refractivity contribution in [2.75, 3.05) is 5.75 Å². The zero-order valence-electron chi connectivity index (χ0n) is 8.08. The summed E-state index contributed by atoms with van der Waals surface area (Å²) in [4.78, 5) is 1.24. The summed E-state index contributed by atoms with van der Waals surface area (Å²) in [6, 6.07) is 0. The van der Waals surface area contributed by atoms with Gasteiger partial charge in [-0.3, -0.25) is 0 Å². The van der Waals surface area contributed by atoms with Crippen molar-refractivity contribution in [1.29, 1.82) is 0 Å². The second-order valence-corrected chi connectivity index (χ2v) is 5.17. The van der Waals surface area contributed by atoms with E-state index < -0.39 is 4.83 Å². The summed E-state index contributed by atoms with van der Waals surface area (Å²) in [7, 11) is 0. The molecule has 0 aliphatic heterocycles. The molecule has 0 fully saturated rings. The smallest absolute Gasteiger partial charge is 0.228 e. The molecule has 0 N–H and O–H groups in total. The molecule has 15 heavy (non-hydrogen) atoms. The monoisotopic (exact) mass is 297 g/mol. The molecule has 1 rings (SSSR count). The van der Waals surface area contributed by atoms with Crippen molar-refractivity contribution in [2.24, 2.45) is 0 Å². The molecule has 84 valence electrons. The molecular formula is C8H10BrF2N3S. The third-order valence-electron chi connectivity index (χ3n) is 1.49. The number of aromatic nitrogens is 3. The minimum atomic E-state index is -2.76. The van der Waals surface area contributed by atoms with Gasteiger partial charge in [-0.05, 0) is 29.3 Å². The summed E-state index contributed by atoms with van der Waals surface area (Å²) < 4.78 is 24.7. The first-order valence-corrected chi connectivity index (χ1v) is 6.11. The maximum Gasteiger partial charge on any atom is 0.301 e. The van der Waals surface area contributed by atoms with Crippen molar-refractivity contribution in [1.82, 2.24) is 15.2 Å². The SMILES string of the molecule is Cc1cnc(SCCCC(F)(F)Br)nn1. The third kappa shape index (κ3) is 5.99. The van der Waals surface area contributed by atoms with E-state index in [2.05, 4.69) is 31.1 Å². The molecule has 3 nitrogen and oxygen atoms in total. The number of alkyl halides is 3. The minimum absolute atomic E-state index is 0.181. The lowest BCUT2D eigenvalue weighted by Crippen LogP contribution is -2.04. The van der Waals surface area contributed by atoms with Crippen molar-refractivity contribution >= 4 is 27.7 Å². The Kier molecular flexibility index (Phi) is 4.85. The van der Waals surface area contributed by atoms with Gasteiger partial charge in [0.15, 0.2) is 0 Å². The van der Waals surface area contributed by atoms with Gasteiger partial charge in [0.1, 0.15) is 0 Å². The number of rotatable bonds is 5. The van der Waals surface area contributed by atoms with Gasteiger partial charge < -0.3 is 0 Å². The van der Waals surface area contributed by atoms with E-state index in [1.165, 1.54) is 11.8 Å². The highest BCUT2D eigenvalue weighted by molar-refractivity contribution is 9.09. The van der Waals surface area contributed by atoms with E-state index in [4.69, 9.17) is 0 Å². The predicted octanol–water partition coefficient (Wildman–Crippen LogP) is 3.04. The quantitative estimate of drug-likeness (QED) is 0.476. The summed E-state index contributed by atoms with van der Waals surface area (Å²) in [5.74, 6) is 0.561. The average molecular weight is 298 g/mol. The Morgan fingerprint density at radius 2 is 2.20 bits per heavy atom. The van der Waals surface area contributed by atoms with E-state index >= 15 is 0 Å². The van der Waals surface area contributed by atoms with Gasteiger partial charge >= 0.3 is 4.83 Å². The van der Waals surface area contributed by atoms with Gasteiger partial charge in [0.25, 0.3) is 0 Å². The molecule has 0 radical (unpaired) electrons. The normalized spacial score (nSPS) is 11.7. The molecule has 7 heteroatoms. The van der Waals surface area contributed by atoms with E-state index in [9.17, 15) is 8.78 Å². The van der Waals surface area contributed by atoms with Crippen LogP contribution in [-0.2, 0) is 0 Å². The first-order valence-electron chi connectivity index (χ1n) is 4.33. The molecule has 0 saturated heterocycles. The van der Waals surface area contributed by atoms with E-state index in [-0.39, 0.29) is 6.42 Å². The molecule has 1 aromatic rings. The number of halogens is 3. The van der Waals surface area contributed by atoms with Crippen LogP contribution >= 0.6 is 27.7 Å². The van der Waals surface area contributed by atoms with Gasteiger partial charge in [0, 0.05) is 12.2 Å². The molecular weight excluding hydrogens is 288 g/mol. The number of thioether (sulfide) groups is 1. The lowest BCUT2D eigenvalue weighted by molar-refractivity contribution is 0.104. The predicted molar refractivity (Wildman–Crippen MR) is 58.4 cm³/mol. The summed E-state index contributed by atoms with van der Waals surface area (Å²) >= 11 is 3.62. The largest absolute Gasteiger partial charge is 0.301 e. The molecule has 0 bridgehead atoms. The van der Waals surface area contributed by atoms with Crippen molar-refractivity contribution < 1.29 is 8.78 Å². The number of hydrogen-bond acceptors (Lipinski definition) is 4. The van der Waals surface area contributed by atoms with Crippen LogP contribution in [0.2, 0.25) is 0 Å². The number of nitrogens with zero attached hydrogens (tertiary/aromatic N) is 3. The maximum atomic E-state index is 12.4. The van der Waals surface area contributed by atoms with Crippen LogP contribution in [0.5, 0.6) is 0 Å². The number of aryl methyl sites for hydroxylation is 1. The Bertz CT molecular complexity index is 302. The molecule has 0 aromatic carbocycles. The molecule has 1 heterocycles. The van der Waals surface area contributed by atoms with Crippen LogP contribution in [-0.4, -0.2) is 25.8 Å². The van der Waals surface area contributed by atoms with Crippen LogP contribution < -0.4 is 0 Å². The van der Waals surface area contributed by atoms with Crippen molar-refractivity contribution in [2.45, 2.75) is 29.8 Å². The molecule has 0 aliphatic carbocycles. The molecule has 0 amide bonds. The fourth-order valence-corrected chi connectivity index (χ4v) is 1.80. The van der Waals surface area contributed by atoms with Crippen molar-refractivity contribution in [3.05, 3.63) is 11.9 Å². The Morgan fingerprint density at radius 1 is 1.47 bits per heavy atom. The zero-order chi connectivity index (χ0) is 11.3. The minimum Gasteiger partial charge on any atom is -0.228 e. The van der Waals surface area contributed by atoms with E-state index in [1.807, 2.05) is 0 Å². The van der Waals surface area contributed by atoms with E-state index in [1.54, 1.807) is 13.1 Å². The second-order valence-electron chi connectivity index (χ2n) is 2.95. The molecule has 0 spiro atoms. The molecule has 0 saturated carbocycles. The summed E-state index contributed by atoms with van der Waals surface area (Å²) in [6.45, 7) is 1.79. The van der Waals surface area contributed by atoms with Crippen LogP contribution in [0.15, 0.2) is 11.4 Å². The van der Waals surface area contributed by atoms with E-state index in [0.717, 1.165) is 5.69 Å². The van der Waals surface area contributed by atoms with Crippen LogP contribution in [0.1, 0.15) is 18.5 Å². The van der Waals surface area contributed by atoms with Crippen LogP contribution in [0.25, 0.3) is 0 Å². The van der Waals surface area contributed by atoms with Crippen molar-refractivity contribution in [3.8, 4) is 0 Å². The van der Waals surface area contributed by atoms with E-state index in [0.29, 0.717) is 17.3 Å². The average Bonchev–Trinajstić information content (AvgIpc) is 2.14. The molecule has 1 aromatic heterocycles. The Balaban J connectivity index is 2.23. The van der Waals surface area contributed by atoms with Crippen LogP contribution in [0.4, 0.5) is 8.78 Å². The number of hydrogen-bond donors (Lipinski definition) is 0. The maximum absolute atomic E-state index is 12.4. The molecule has 0 unspecified atom stereocenters. The van der Waals surface area contributed by atoms with Crippen molar-refractivity contribution in [3.63, 3.8) is 0 Å². The standard InChI is InChI=1S/C8H10BrF2N3S/c1-6-5-12-7(14-13-6)15-4-2-3-8(9,10)11/h5H,2-4H2,1H3. The van der Waals surface area contributed by atoms with Gasteiger partial charge in [-0.15, -0.1) is 5.10 Å². The lowest BCUT2D eigenvalue weighted by Gasteiger charge is -2.06. The van der Waals surface area contributed by atoms with Crippen LogP contribution in [0.3, 0.4) is 0 Å². The zero-order valence-corrected chi connectivity index (χ0v) is 10.5. The lowest BCUT2D eigenvalue weighted by atomic mass is 10.3. The van der Waals surface area contributed by atoms with Gasteiger partial charge in [-0.1, -0.05) is 11.8 Å².